The lowest BCUT2D eigenvalue weighted by Crippen LogP contribution is -2.51. The summed E-state index contributed by atoms with van der Waals surface area (Å²) in [5.74, 6) is -1.50. The Kier molecular flexibility index (Phi) is 16.3. The van der Waals surface area contributed by atoms with Gasteiger partial charge in [0.05, 0.1) is 0 Å². The van der Waals surface area contributed by atoms with E-state index in [0.717, 1.165) is 8.95 Å². The Bertz CT molecular complexity index is 1170. The summed E-state index contributed by atoms with van der Waals surface area (Å²) in [4.78, 5) is 50.5. The van der Waals surface area contributed by atoms with Crippen molar-refractivity contribution in [3.8, 4) is 0 Å². The number of amides is 6. The molecule has 4 atom stereocenters. The fraction of sp³-hybridized carbons (Fsp3) is 0.429. The van der Waals surface area contributed by atoms with Crippen molar-refractivity contribution in [2.24, 2.45) is 11.8 Å². The summed E-state index contributed by atoms with van der Waals surface area (Å²) in [5, 5.41) is 15.6. The van der Waals surface area contributed by atoms with E-state index in [9.17, 15) is 23.7 Å². The fourth-order valence-corrected chi connectivity index (χ4v) is 4.60. The third-order valence-electron chi connectivity index (χ3n) is 6.60. The van der Waals surface area contributed by atoms with Gasteiger partial charge in [-0.2, -0.15) is 0 Å². The molecule has 0 spiro atoms. The highest BCUT2D eigenvalue weighted by Crippen LogP contribution is 2.22. The van der Waals surface area contributed by atoms with Gasteiger partial charge in [-0.05, 0) is 60.4 Å². The first kappa shape index (κ1) is 37.1. The Morgan fingerprint density at radius 2 is 1.02 bits per heavy atom. The summed E-state index contributed by atoms with van der Waals surface area (Å²) in [5.41, 5.74) is 1.10. The van der Waals surface area contributed by atoms with Crippen molar-refractivity contribution in [3.05, 3.63) is 57.5 Å². The highest BCUT2D eigenvalue weighted by atomic mass is 79.9. The molecule has 0 bridgehead atoms. The van der Waals surface area contributed by atoms with Crippen LogP contribution in [0.4, 0.5) is 21.0 Å². The molecular weight excluding hydrogens is 723 g/mol. The lowest BCUT2D eigenvalue weighted by molar-refractivity contribution is -0.125. The van der Waals surface area contributed by atoms with Gasteiger partial charge in [0, 0.05) is 24.9 Å². The van der Waals surface area contributed by atoms with Crippen LogP contribution in [-0.2, 0) is 23.2 Å². The molecule has 0 heterocycles. The topological polar surface area (TPSA) is 176 Å². The predicted octanol–water partition coefficient (Wildman–Crippen LogP) is 5.82. The third-order valence-corrected chi connectivity index (χ3v) is 8.34. The van der Waals surface area contributed by atoms with Gasteiger partial charge in [0.2, 0.25) is 11.8 Å². The number of rotatable bonds is 16. The first-order chi connectivity index (χ1) is 20.9. The van der Waals surface area contributed by atoms with Crippen molar-refractivity contribution in [3.63, 3.8) is 0 Å². The molecule has 0 saturated carbocycles. The SMILES string of the molecule is CC[C@H](C)[C@H](NC(=O)Nc1ccc(Br)cc1)C(=O)NCO[P+](=O)OCNC(=O)[C@@H](NC(=O)Nc1ccc(Br)cc1)[C@@H](C)CC. The number of benzene rings is 2. The zero-order chi connectivity index (χ0) is 32.6. The molecule has 0 fully saturated rings. The Hall–Kier alpha value is -3.10. The maximum atomic E-state index is 12.8. The molecule has 0 unspecified atom stereocenters. The molecule has 2 rings (SSSR count). The standard InChI is InChI=1S/C28H37Br2N6O7P/c1-5-17(3)23(35-27(39)33-21-11-7-19(29)8-12-21)25(37)31-15-42-44(41)43-16-32-26(38)24(18(4)6-2)36-28(40)34-22-13-9-20(30)10-14-22/h7-14,17-18,23-24H,5-6,15-16H2,1-4H3,(H5-,31,32,33,34,35,36,37,38,39,40)/p+1/t17-,18-,23-,24-/m0/s1. The molecule has 44 heavy (non-hydrogen) atoms. The Morgan fingerprint density at radius 3 is 1.34 bits per heavy atom. The number of carbonyl (C=O) groups excluding carboxylic acids is 4. The van der Waals surface area contributed by atoms with Crippen molar-refractivity contribution in [2.75, 3.05) is 24.1 Å². The van der Waals surface area contributed by atoms with Gasteiger partial charge in [0.1, 0.15) is 12.1 Å². The summed E-state index contributed by atoms with van der Waals surface area (Å²) in [6.45, 7) is 6.46. The quantitative estimate of drug-likeness (QED) is 0.0923. The summed E-state index contributed by atoms with van der Waals surface area (Å²) in [6, 6.07) is 11.0. The minimum absolute atomic E-state index is 0.213. The van der Waals surface area contributed by atoms with Gasteiger partial charge in [-0.1, -0.05) is 81.4 Å². The van der Waals surface area contributed by atoms with Crippen LogP contribution in [0, 0.1) is 11.8 Å². The number of urea groups is 2. The van der Waals surface area contributed by atoms with Crippen LogP contribution in [-0.4, -0.2) is 49.4 Å². The number of hydrogen-bond donors (Lipinski definition) is 6. The Labute approximate surface area is 274 Å². The molecule has 2 aromatic carbocycles. The molecule has 0 radical (unpaired) electrons. The second-order valence-corrected chi connectivity index (χ2v) is 12.6. The Balaban J connectivity index is 1.78. The molecule has 240 valence electrons. The molecule has 6 amide bonds. The monoisotopic (exact) mass is 759 g/mol. The predicted molar refractivity (Wildman–Crippen MR) is 175 cm³/mol. The molecule has 0 saturated heterocycles. The molecule has 0 aliphatic rings. The number of nitrogens with one attached hydrogen (secondary N) is 6. The first-order valence-electron chi connectivity index (χ1n) is 13.9. The molecule has 6 N–H and O–H groups in total. The highest BCUT2D eigenvalue weighted by molar-refractivity contribution is 9.10. The van der Waals surface area contributed by atoms with Crippen LogP contribution in [0.2, 0.25) is 0 Å². The zero-order valence-electron chi connectivity index (χ0n) is 24.8. The average Bonchev–Trinajstić information content (AvgIpc) is 3.00. The fourth-order valence-electron chi connectivity index (χ4n) is 3.66. The van der Waals surface area contributed by atoms with E-state index in [0.29, 0.717) is 24.2 Å². The van der Waals surface area contributed by atoms with Gasteiger partial charge < -0.3 is 31.9 Å². The maximum absolute atomic E-state index is 12.8. The first-order valence-corrected chi connectivity index (χ1v) is 16.6. The molecule has 16 heteroatoms. The van der Waals surface area contributed by atoms with E-state index >= 15 is 0 Å². The molecule has 2 aromatic rings. The van der Waals surface area contributed by atoms with Crippen molar-refractivity contribution in [2.45, 2.75) is 52.6 Å². The summed E-state index contributed by atoms with van der Waals surface area (Å²) in [7, 11) is -2.71. The minimum atomic E-state index is -2.71. The molecule has 0 aromatic heterocycles. The van der Waals surface area contributed by atoms with E-state index in [1.165, 1.54) is 0 Å². The lowest BCUT2D eigenvalue weighted by Gasteiger charge is -2.23. The van der Waals surface area contributed by atoms with Crippen molar-refractivity contribution >= 4 is 75.4 Å². The second kappa shape index (κ2) is 19.3. The van der Waals surface area contributed by atoms with Crippen LogP contribution in [0.3, 0.4) is 0 Å². The van der Waals surface area contributed by atoms with E-state index in [4.69, 9.17) is 9.05 Å². The van der Waals surface area contributed by atoms with Gasteiger partial charge in [0.25, 0.3) is 0 Å². The van der Waals surface area contributed by atoms with Crippen molar-refractivity contribution in [1.29, 1.82) is 0 Å². The average molecular weight is 761 g/mol. The van der Waals surface area contributed by atoms with Gasteiger partial charge in [-0.15, -0.1) is 0 Å². The molecular formula is C28H38Br2N6O7P+. The number of halogens is 2. The third kappa shape index (κ3) is 13.3. The van der Waals surface area contributed by atoms with E-state index < -0.39 is 57.7 Å². The number of anilines is 2. The highest BCUT2D eigenvalue weighted by Gasteiger charge is 2.29. The van der Waals surface area contributed by atoms with E-state index in [1.807, 2.05) is 27.7 Å². The maximum Gasteiger partial charge on any atom is 0.701 e. The zero-order valence-corrected chi connectivity index (χ0v) is 28.9. The van der Waals surface area contributed by atoms with Crippen LogP contribution in [0.15, 0.2) is 57.5 Å². The van der Waals surface area contributed by atoms with Gasteiger partial charge >= 0.3 is 20.3 Å². The van der Waals surface area contributed by atoms with E-state index in [1.54, 1.807) is 48.5 Å². The van der Waals surface area contributed by atoms with Gasteiger partial charge in [0.15, 0.2) is 13.5 Å². The van der Waals surface area contributed by atoms with Crippen molar-refractivity contribution in [1.82, 2.24) is 21.3 Å². The number of carbonyl (C=O) groups is 4. The van der Waals surface area contributed by atoms with Crippen molar-refractivity contribution < 1.29 is 32.8 Å². The summed E-state index contributed by atoms with van der Waals surface area (Å²) < 4.78 is 23.9. The van der Waals surface area contributed by atoms with E-state index in [2.05, 4.69) is 63.8 Å². The van der Waals surface area contributed by atoms with Gasteiger partial charge in [-0.25, -0.2) is 9.59 Å². The van der Waals surface area contributed by atoms with E-state index in [-0.39, 0.29) is 11.8 Å². The second-order valence-electron chi connectivity index (χ2n) is 9.79. The van der Waals surface area contributed by atoms with Crippen LogP contribution >= 0.6 is 40.1 Å². The Morgan fingerprint density at radius 1 is 0.682 bits per heavy atom. The van der Waals surface area contributed by atoms with Crippen LogP contribution in [0.5, 0.6) is 0 Å². The van der Waals surface area contributed by atoms with Gasteiger partial charge in [-0.3, -0.25) is 9.59 Å². The van der Waals surface area contributed by atoms with Crippen LogP contribution in [0.1, 0.15) is 40.5 Å². The summed E-state index contributed by atoms with van der Waals surface area (Å²) in [6.07, 6.45) is 1.21. The lowest BCUT2D eigenvalue weighted by atomic mass is 9.98. The molecule has 0 aliphatic heterocycles. The largest absolute Gasteiger partial charge is 0.701 e. The van der Waals surface area contributed by atoms with Crippen LogP contribution in [0.25, 0.3) is 0 Å². The number of hydrogen-bond acceptors (Lipinski definition) is 7. The summed E-state index contributed by atoms with van der Waals surface area (Å²) >= 11 is 6.65. The normalized spacial score (nSPS) is 13.4. The minimum Gasteiger partial charge on any atom is -0.327 e. The smallest absolute Gasteiger partial charge is 0.327 e. The molecule has 13 nitrogen and oxygen atoms in total. The molecule has 0 aliphatic carbocycles. The van der Waals surface area contributed by atoms with Crippen LogP contribution < -0.4 is 31.9 Å².